The molecule has 0 unspecified atom stereocenters. The fourth-order valence-corrected chi connectivity index (χ4v) is 2.33. The highest BCUT2D eigenvalue weighted by Gasteiger charge is 2.55. The number of rotatable bonds is 4. The summed E-state index contributed by atoms with van der Waals surface area (Å²) in [4.78, 5) is 0. The van der Waals surface area contributed by atoms with Crippen molar-refractivity contribution in [2.75, 3.05) is 13.7 Å². The minimum Gasteiger partial charge on any atom is -0.394 e. The number of hydrogen-bond donors (Lipinski definition) is 3. The number of aliphatic hydroxyl groups excluding tert-OH is 2. The summed E-state index contributed by atoms with van der Waals surface area (Å²) in [6, 6.07) is 9.28. The molecular weight excluding hydrogens is 236 g/mol. The maximum atomic E-state index is 10.6. The highest BCUT2D eigenvalue weighted by molar-refractivity contribution is 5.19. The molecule has 1 aromatic rings. The summed E-state index contributed by atoms with van der Waals surface area (Å²) in [7, 11) is 1.40. The van der Waals surface area contributed by atoms with Crippen molar-refractivity contribution in [3.8, 4) is 0 Å². The van der Waals surface area contributed by atoms with E-state index in [1.54, 1.807) is 0 Å². The van der Waals surface area contributed by atoms with Gasteiger partial charge >= 0.3 is 0 Å². The molecule has 18 heavy (non-hydrogen) atoms. The zero-order valence-electron chi connectivity index (χ0n) is 10.2. The zero-order valence-corrected chi connectivity index (χ0v) is 10.2. The summed E-state index contributed by atoms with van der Waals surface area (Å²) < 4.78 is 10.3. The lowest BCUT2D eigenvalue weighted by atomic mass is 9.88. The van der Waals surface area contributed by atoms with E-state index in [1.807, 2.05) is 30.3 Å². The molecule has 100 valence electrons. The Morgan fingerprint density at radius 1 is 1.33 bits per heavy atom. The molecule has 1 aliphatic rings. The summed E-state index contributed by atoms with van der Waals surface area (Å²) >= 11 is 0. The van der Waals surface area contributed by atoms with Gasteiger partial charge in [0.15, 0.2) is 6.29 Å². The predicted molar refractivity (Wildman–Crippen MR) is 63.9 cm³/mol. The Balaban J connectivity index is 2.22. The van der Waals surface area contributed by atoms with Crippen molar-refractivity contribution in [3.05, 3.63) is 35.9 Å². The second-order valence-corrected chi connectivity index (χ2v) is 4.52. The first-order valence-electron chi connectivity index (χ1n) is 5.85. The molecule has 0 spiro atoms. The fourth-order valence-electron chi connectivity index (χ4n) is 2.33. The largest absolute Gasteiger partial charge is 0.394 e. The van der Waals surface area contributed by atoms with Gasteiger partial charge in [0.05, 0.1) is 6.61 Å². The van der Waals surface area contributed by atoms with Crippen LogP contribution in [0.4, 0.5) is 0 Å². The second-order valence-electron chi connectivity index (χ2n) is 4.52. The number of aliphatic hydroxyl groups is 3. The molecule has 3 N–H and O–H groups in total. The highest BCUT2D eigenvalue weighted by Crippen LogP contribution is 2.34. The van der Waals surface area contributed by atoms with Crippen LogP contribution >= 0.6 is 0 Å². The summed E-state index contributed by atoms with van der Waals surface area (Å²) in [6.45, 7) is -0.363. The lowest BCUT2D eigenvalue weighted by Gasteiger charge is -2.30. The van der Waals surface area contributed by atoms with Gasteiger partial charge in [-0.05, 0) is 5.56 Å². The minimum absolute atomic E-state index is 0.198. The number of benzene rings is 1. The first-order valence-corrected chi connectivity index (χ1v) is 5.85. The molecule has 1 fully saturated rings. The van der Waals surface area contributed by atoms with Crippen LogP contribution in [0.2, 0.25) is 0 Å². The van der Waals surface area contributed by atoms with Gasteiger partial charge in [-0.2, -0.15) is 0 Å². The highest BCUT2D eigenvalue weighted by atomic mass is 16.7. The molecule has 0 bridgehead atoms. The first kappa shape index (κ1) is 13.5. The average molecular weight is 254 g/mol. The first-order chi connectivity index (χ1) is 8.61. The zero-order chi connectivity index (χ0) is 13.2. The third kappa shape index (κ3) is 2.28. The summed E-state index contributed by atoms with van der Waals surface area (Å²) in [5.41, 5.74) is -0.688. The van der Waals surface area contributed by atoms with Gasteiger partial charge in [-0.3, -0.25) is 0 Å². The van der Waals surface area contributed by atoms with E-state index >= 15 is 0 Å². The quantitative estimate of drug-likeness (QED) is 0.686. The van der Waals surface area contributed by atoms with Gasteiger partial charge in [0.25, 0.3) is 0 Å². The number of ether oxygens (including phenoxy) is 2. The smallest absolute Gasteiger partial charge is 0.189 e. The molecule has 4 atom stereocenters. The standard InChI is InChI=1S/C13H18O5/c1-17-12-13(16,11(15)10(8-14)18-12)7-9-5-3-2-4-6-9/h2-6,10-12,14-16H,7-8H2,1H3/t10-,11+,12+,13-/m1/s1. The maximum Gasteiger partial charge on any atom is 0.189 e. The summed E-state index contributed by atoms with van der Waals surface area (Å²) in [5.74, 6) is 0. The Morgan fingerprint density at radius 3 is 2.56 bits per heavy atom. The van der Waals surface area contributed by atoms with E-state index < -0.39 is 24.1 Å². The van der Waals surface area contributed by atoms with E-state index in [0.29, 0.717) is 0 Å². The van der Waals surface area contributed by atoms with Gasteiger partial charge in [0.1, 0.15) is 17.8 Å². The van der Waals surface area contributed by atoms with Crippen LogP contribution in [-0.4, -0.2) is 53.1 Å². The topological polar surface area (TPSA) is 79.2 Å². The third-order valence-electron chi connectivity index (χ3n) is 3.30. The minimum atomic E-state index is -1.55. The van der Waals surface area contributed by atoms with Crippen molar-refractivity contribution in [2.45, 2.75) is 30.5 Å². The normalized spacial score (nSPS) is 35.9. The van der Waals surface area contributed by atoms with Gasteiger partial charge < -0.3 is 24.8 Å². The van der Waals surface area contributed by atoms with Crippen LogP contribution in [0.15, 0.2) is 30.3 Å². The molecule has 1 aromatic carbocycles. The van der Waals surface area contributed by atoms with Crippen molar-refractivity contribution >= 4 is 0 Å². The molecule has 0 amide bonds. The molecule has 5 heteroatoms. The molecule has 1 aliphatic heterocycles. The van der Waals surface area contributed by atoms with Crippen LogP contribution in [0.25, 0.3) is 0 Å². The monoisotopic (exact) mass is 254 g/mol. The molecule has 1 heterocycles. The van der Waals surface area contributed by atoms with Crippen LogP contribution in [0.5, 0.6) is 0 Å². The average Bonchev–Trinajstić information content (AvgIpc) is 2.63. The second kappa shape index (κ2) is 5.34. The van der Waals surface area contributed by atoms with E-state index in [9.17, 15) is 10.2 Å². The van der Waals surface area contributed by atoms with E-state index in [-0.39, 0.29) is 13.0 Å². The van der Waals surface area contributed by atoms with Gasteiger partial charge in [0.2, 0.25) is 0 Å². The van der Waals surface area contributed by atoms with Crippen LogP contribution in [0.3, 0.4) is 0 Å². The maximum absolute atomic E-state index is 10.6. The van der Waals surface area contributed by atoms with Gasteiger partial charge in [-0.25, -0.2) is 0 Å². The molecule has 1 saturated heterocycles. The molecule has 2 rings (SSSR count). The molecule has 5 nitrogen and oxygen atoms in total. The molecule has 0 radical (unpaired) electrons. The Labute approximate surface area is 106 Å². The Bertz CT molecular complexity index is 378. The summed E-state index contributed by atoms with van der Waals surface area (Å²) in [5, 5.41) is 29.7. The molecule has 0 aromatic heterocycles. The lowest BCUT2D eigenvalue weighted by molar-refractivity contribution is -0.193. The lowest BCUT2D eigenvalue weighted by Crippen LogP contribution is -2.51. The van der Waals surface area contributed by atoms with Gasteiger partial charge in [0, 0.05) is 13.5 Å². The molecule has 0 aliphatic carbocycles. The number of methoxy groups -OCH3 is 1. The Kier molecular flexibility index (Phi) is 3.99. The summed E-state index contributed by atoms with van der Waals surface area (Å²) in [6.07, 6.45) is -2.77. The van der Waals surface area contributed by atoms with E-state index in [1.165, 1.54) is 7.11 Å². The van der Waals surface area contributed by atoms with Crippen LogP contribution in [0, 0.1) is 0 Å². The predicted octanol–water partition coefficient (Wildman–Crippen LogP) is -0.315. The third-order valence-corrected chi connectivity index (χ3v) is 3.30. The van der Waals surface area contributed by atoms with Crippen LogP contribution in [-0.2, 0) is 15.9 Å². The Hall–Kier alpha value is -0.980. The van der Waals surface area contributed by atoms with Crippen molar-refractivity contribution in [1.82, 2.24) is 0 Å². The van der Waals surface area contributed by atoms with E-state index in [4.69, 9.17) is 14.6 Å². The SMILES string of the molecule is CO[C@H]1O[C@H](CO)[C@H](O)[C@]1(O)Cc1ccccc1. The van der Waals surface area contributed by atoms with Crippen molar-refractivity contribution < 1.29 is 24.8 Å². The molecule has 0 saturated carbocycles. The van der Waals surface area contributed by atoms with Gasteiger partial charge in [-0.15, -0.1) is 0 Å². The van der Waals surface area contributed by atoms with Gasteiger partial charge in [-0.1, -0.05) is 30.3 Å². The number of hydrogen-bond acceptors (Lipinski definition) is 5. The fraction of sp³-hybridized carbons (Fsp3) is 0.538. The van der Waals surface area contributed by atoms with Crippen LogP contribution < -0.4 is 0 Å². The van der Waals surface area contributed by atoms with Crippen molar-refractivity contribution in [1.29, 1.82) is 0 Å². The Morgan fingerprint density at radius 2 is 2.00 bits per heavy atom. The van der Waals surface area contributed by atoms with Crippen LogP contribution in [0.1, 0.15) is 5.56 Å². The van der Waals surface area contributed by atoms with Crippen molar-refractivity contribution in [2.24, 2.45) is 0 Å². The van der Waals surface area contributed by atoms with E-state index in [0.717, 1.165) is 5.56 Å². The van der Waals surface area contributed by atoms with Crippen molar-refractivity contribution in [3.63, 3.8) is 0 Å². The molecular formula is C13H18O5. The van der Waals surface area contributed by atoms with E-state index in [2.05, 4.69) is 0 Å².